The van der Waals surface area contributed by atoms with E-state index in [1.54, 1.807) is 27.7 Å². The van der Waals surface area contributed by atoms with E-state index in [0.29, 0.717) is 6.42 Å². The Morgan fingerprint density at radius 1 is 1.25 bits per heavy atom. The number of hydrogen-bond acceptors (Lipinski definition) is 2. The first-order chi connectivity index (χ1) is 9.04. The molecule has 0 saturated heterocycles. The van der Waals surface area contributed by atoms with Crippen LogP contribution in [-0.2, 0) is 11.0 Å². The molecule has 0 saturated carbocycles. The average molecular weight is 308 g/mol. The molecule has 0 fully saturated rings. The molecule has 0 radical (unpaired) electrons. The summed E-state index contributed by atoms with van der Waals surface area (Å²) in [6.45, 7) is 7.02. The van der Waals surface area contributed by atoms with Gasteiger partial charge in [-0.3, -0.25) is 0 Å². The van der Waals surface area contributed by atoms with Gasteiger partial charge in [-0.15, -0.1) is 0 Å². The molecule has 0 heterocycles. The van der Waals surface area contributed by atoms with Crippen molar-refractivity contribution >= 4 is 17.3 Å². The average Bonchev–Trinajstić information content (AvgIpc) is 2.26. The largest absolute Gasteiger partial charge is 0.417 e. The smallest absolute Gasteiger partial charge is 0.390 e. The lowest BCUT2D eigenvalue weighted by molar-refractivity contribution is -0.137. The third-order valence-corrected chi connectivity index (χ3v) is 2.60. The van der Waals surface area contributed by atoms with Crippen LogP contribution >= 0.6 is 11.6 Å². The van der Waals surface area contributed by atoms with E-state index in [1.165, 1.54) is 12.1 Å². The first-order valence-corrected chi connectivity index (χ1v) is 6.54. The molecular formula is C14H17ClF3NO. The Hall–Kier alpha value is -1.23. The van der Waals surface area contributed by atoms with Crippen molar-refractivity contribution in [3.63, 3.8) is 0 Å². The second-order valence-electron chi connectivity index (χ2n) is 5.28. The van der Waals surface area contributed by atoms with Gasteiger partial charge in [-0.1, -0.05) is 23.7 Å². The van der Waals surface area contributed by atoms with E-state index in [0.717, 1.165) is 6.07 Å². The van der Waals surface area contributed by atoms with Gasteiger partial charge < -0.3 is 4.84 Å². The fraction of sp³-hybridized carbons (Fsp3) is 0.500. The van der Waals surface area contributed by atoms with Crippen molar-refractivity contribution in [1.29, 1.82) is 0 Å². The van der Waals surface area contributed by atoms with Crippen molar-refractivity contribution < 1.29 is 18.0 Å². The van der Waals surface area contributed by atoms with Gasteiger partial charge >= 0.3 is 6.18 Å². The van der Waals surface area contributed by atoms with Crippen molar-refractivity contribution in [2.24, 2.45) is 5.16 Å². The molecule has 2 nitrogen and oxygen atoms in total. The number of nitrogens with zero attached hydrogens (tertiary/aromatic N) is 1. The third-order valence-electron chi connectivity index (χ3n) is 2.36. The second-order valence-corrected chi connectivity index (χ2v) is 5.72. The van der Waals surface area contributed by atoms with Crippen molar-refractivity contribution in [3.05, 3.63) is 34.3 Å². The van der Waals surface area contributed by atoms with E-state index >= 15 is 0 Å². The predicted molar refractivity (Wildman–Crippen MR) is 74.1 cm³/mol. The van der Waals surface area contributed by atoms with E-state index < -0.39 is 17.3 Å². The molecule has 20 heavy (non-hydrogen) atoms. The van der Waals surface area contributed by atoms with E-state index in [-0.39, 0.29) is 16.3 Å². The molecular weight excluding hydrogens is 291 g/mol. The Morgan fingerprint density at radius 2 is 1.85 bits per heavy atom. The first-order valence-electron chi connectivity index (χ1n) is 6.16. The van der Waals surface area contributed by atoms with Crippen molar-refractivity contribution in [1.82, 2.24) is 0 Å². The van der Waals surface area contributed by atoms with Crippen LogP contribution < -0.4 is 0 Å². The molecule has 0 N–H and O–H groups in total. The minimum absolute atomic E-state index is 0.0447. The minimum atomic E-state index is -4.46. The van der Waals surface area contributed by atoms with Gasteiger partial charge in [0, 0.05) is 10.6 Å². The van der Waals surface area contributed by atoms with Crippen LogP contribution in [-0.4, -0.2) is 11.3 Å². The van der Waals surface area contributed by atoms with Gasteiger partial charge in [0.1, 0.15) is 5.60 Å². The molecule has 0 aliphatic carbocycles. The maximum absolute atomic E-state index is 13.0. The van der Waals surface area contributed by atoms with Crippen LogP contribution in [0.3, 0.4) is 0 Å². The van der Waals surface area contributed by atoms with Gasteiger partial charge in [0.25, 0.3) is 0 Å². The van der Waals surface area contributed by atoms with Crippen LogP contribution in [0, 0.1) is 0 Å². The molecule has 0 bridgehead atoms. The SMILES string of the molecule is CCC(=NOC(C)(C)C)c1cc(Cl)ccc1C(F)(F)F. The van der Waals surface area contributed by atoms with E-state index in [4.69, 9.17) is 16.4 Å². The summed E-state index contributed by atoms with van der Waals surface area (Å²) in [4.78, 5) is 5.22. The quantitative estimate of drug-likeness (QED) is 0.549. The molecule has 0 spiro atoms. The highest BCUT2D eigenvalue weighted by atomic mass is 35.5. The lowest BCUT2D eigenvalue weighted by Gasteiger charge is -2.18. The first kappa shape index (κ1) is 16.8. The van der Waals surface area contributed by atoms with Gasteiger partial charge in [-0.2, -0.15) is 13.2 Å². The van der Waals surface area contributed by atoms with Crippen molar-refractivity contribution in [2.75, 3.05) is 0 Å². The molecule has 1 aromatic carbocycles. The van der Waals surface area contributed by atoms with Gasteiger partial charge in [0.05, 0.1) is 11.3 Å². The van der Waals surface area contributed by atoms with Gasteiger partial charge in [-0.05, 0) is 45.4 Å². The van der Waals surface area contributed by atoms with Crippen LogP contribution in [0.2, 0.25) is 5.02 Å². The molecule has 1 rings (SSSR count). The van der Waals surface area contributed by atoms with Crippen molar-refractivity contribution in [2.45, 2.75) is 45.9 Å². The lowest BCUT2D eigenvalue weighted by atomic mass is 10.0. The zero-order valence-corrected chi connectivity index (χ0v) is 12.6. The van der Waals surface area contributed by atoms with Crippen LogP contribution in [0.1, 0.15) is 45.2 Å². The molecule has 6 heteroatoms. The highest BCUT2D eigenvalue weighted by molar-refractivity contribution is 6.31. The fourth-order valence-electron chi connectivity index (χ4n) is 1.50. The molecule has 0 aliphatic rings. The molecule has 1 aromatic rings. The Balaban J connectivity index is 3.31. The number of halogens is 4. The van der Waals surface area contributed by atoms with Gasteiger partial charge in [-0.25, -0.2) is 0 Å². The summed E-state index contributed by atoms with van der Waals surface area (Å²) in [6.07, 6.45) is -4.16. The summed E-state index contributed by atoms with van der Waals surface area (Å²) in [5, 5.41) is 4.08. The highest BCUT2D eigenvalue weighted by Crippen LogP contribution is 2.34. The van der Waals surface area contributed by atoms with E-state index in [9.17, 15) is 13.2 Å². The second kappa shape index (κ2) is 6.04. The Kier molecular flexibility index (Phi) is 5.08. The summed E-state index contributed by atoms with van der Waals surface area (Å²) in [7, 11) is 0. The number of hydrogen-bond donors (Lipinski definition) is 0. The maximum Gasteiger partial charge on any atom is 0.417 e. The molecule has 112 valence electrons. The summed E-state index contributed by atoms with van der Waals surface area (Å²) >= 11 is 5.79. The lowest BCUT2D eigenvalue weighted by Crippen LogP contribution is -2.18. The number of benzene rings is 1. The maximum atomic E-state index is 13.0. The zero-order chi connectivity index (χ0) is 15.6. The number of oxime groups is 1. The normalized spacial score (nSPS) is 13.5. The van der Waals surface area contributed by atoms with Crippen molar-refractivity contribution in [3.8, 4) is 0 Å². The molecule has 0 aliphatic heterocycles. The summed E-state index contributed by atoms with van der Waals surface area (Å²) < 4.78 is 39.0. The fourth-order valence-corrected chi connectivity index (χ4v) is 1.67. The Labute approximate surface area is 121 Å². The molecule has 0 atom stereocenters. The van der Waals surface area contributed by atoms with Crippen LogP contribution in [0.5, 0.6) is 0 Å². The summed E-state index contributed by atoms with van der Waals surface area (Å²) in [5.41, 5.74) is -1.16. The summed E-state index contributed by atoms with van der Waals surface area (Å²) in [5.74, 6) is 0. The van der Waals surface area contributed by atoms with Crippen LogP contribution in [0.4, 0.5) is 13.2 Å². The van der Waals surface area contributed by atoms with Gasteiger partial charge in [0.2, 0.25) is 0 Å². The predicted octanol–water partition coefficient (Wildman–Crippen LogP) is 5.29. The number of rotatable bonds is 3. The summed E-state index contributed by atoms with van der Waals surface area (Å²) in [6, 6.07) is 3.43. The highest BCUT2D eigenvalue weighted by Gasteiger charge is 2.34. The molecule has 0 amide bonds. The van der Waals surface area contributed by atoms with Crippen LogP contribution in [0.25, 0.3) is 0 Å². The molecule has 0 aromatic heterocycles. The van der Waals surface area contributed by atoms with E-state index in [2.05, 4.69) is 5.16 Å². The van der Waals surface area contributed by atoms with E-state index in [1.807, 2.05) is 0 Å². The molecule has 0 unspecified atom stereocenters. The Bertz CT molecular complexity index is 504. The minimum Gasteiger partial charge on any atom is -0.390 e. The number of alkyl halides is 3. The van der Waals surface area contributed by atoms with Gasteiger partial charge in [0.15, 0.2) is 0 Å². The Morgan fingerprint density at radius 3 is 2.30 bits per heavy atom. The standard InChI is InChI=1S/C14H17ClF3NO/c1-5-12(19-20-13(2,3)4)10-8-9(15)6-7-11(10)14(16,17)18/h6-8H,5H2,1-4H3. The third kappa shape index (κ3) is 4.71. The topological polar surface area (TPSA) is 21.6 Å². The monoisotopic (exact) mass is 307 g/mol. The van der Waals surface area contributed by atoms with Crippen LogP contribution in [0.15, 0.2) is 23.4 Å². The zero-order valence-electron chi connectivity index (χ0n) is 11.8.